The molecule has 1 rings (SSSR count). The molecule has 0 amide bonds. The van der Waals surface area contributed by atoms with Crippen LogP contribution in [0.1, 0.15) is 12.0 Å². The van der Waals surface area contributed by atoms with Crippen molar-refractivity contribution in [2.75, 3.05) is 27.3 Å². The molecule has 0 radical (unpaired) electrons. The number of ether oxygens (including phenoxy) is 2. The first kappa shape index (κ1) is 16.3. The molecule has 1 atom stereocenters. The summed E-state index contributed by atoms with van der Waals surface area (Å²) in [4.78, 5) is 10.4. The number of nitrogens with one attached hydrogen (secondary N) is 1. The fourth-order valence-electron chi connectivity index (χ4n) is 1.81. The van der Waals surface area contributed by atoms with E-state index in [1.165, 1.54) is 0 Å². The van der Waals surface area contributed by atoms with Gasteiger partial charge in [0, 0.05) is 6.54 Å². The van der Waals surface area contributed by atoms with Crippen LogP contribution in [0.2, 0.25) is 0 Å². The van der Waals surface area contributed by atoms with Gasteiger partial charge in [-0.15, -0.1) is 0 Å². The van der Waals surface area contributed by atoms with Gasteiger partial charge >= 0.3 is 5.97 Å². The van der Waals surface area contributed by atoms with Crippen LogP contribution >= 0.6 is 0 Å². The molecule has 0 bridgehead atoms. The zero-order valence-corrected chi connectivity index (χ0v) is 11.8. The van der Waals surface area contributed by atoms with Crippen molar-refractivity contribution in [3.63, 3.8) is 0 Å². The Morgan fingerprint density at radius 1 is 1.30 bits per heavy atom. The lowest BCUT2D eigenvalue weighted by Crippen LogP contribution is -2.30. The van der Waals surface area contributed by atoms with E-state index in [4.69, 9.17) is 14.6 Å². The Morgan fingerprint density at radius 3 is 2.60 bits per heavy atom. The van der Waals surface area contributed by atoms with E-state index in [-0.39, 0.29) is 13.0 Å². The highest BCUT2D eigenvalue weighted by Gasteiger charge is 2.08. The number of aliphatic carboxylic acids is 1. The molecule has 0 saturated heterocycles. The minimum Gasteiger partial charge on any atom is -0.493 e. The molecule has 0 aliphatic rings. The Hall–Kier alpha value is -1.79. The van der Waals surface area contributed by atoms with E-state index in [1.807, 2.05) is 18.2 Å². The fourth-order valence-corrected chi connectivity index (χ4v) is 1.81. The first-order valence-electron chi connectivity index (χ1n) is 6.38. The standard InChI is InChI=1S/C14H21NO5/c1-19-12-4-3-10(7-13(12)20-2)5-6-15-9-11(16)8-14(17)18/h3-4,7,11,15-16H,5-6,8-9H2,1-2H3,(H,17,18). The molecular formula is C14H21NO5. The number of rotatable bonds is 9. The number of aliphatic hydroxyl groups is 1. The number of carboxylic acids is 1. The highest BCUT2D eigenvalue weighted by molar-refractivity contribution is 5.67. The SMILES string of the molecule is COc1ccc(CCNCC(O)CC(=O)O)cc1OC. The maximum Gasteiger partial charge on any atom is 0.306 e. The number of hydrogen-bond donors (Lipinski definition) is 3. The van der Waals surface area contributed by atoms with Crippen LogP contribution < -0.4 is 14.8 Å². The summed E-state index contributed by atoms with van der Waals surface area (Å²) in [6, 6.07) is 5.68. The Morgan fingerprint density at radius 2 is 2.00 bits per heavy atom. The molecular weight excluding hydrogens is 262 g/mol. The van der Waals surface area contributed by atoms with E-state index in [0.717, 1.165) is 12.0 Å². The summed E-state index contributed by atoms with van der Waals surface area (Å²) in [6.45, 7) is 0.908. The molecule has 112 valence electrons. The lowest BCUT2D eigenvalue weighted by Gasteiger charge is -2.11. The Balaban J connectivity index is 2.37. The van der Waals surface area contributed by atoms with Crippen LogP contribution in [0.4, 0.5) is 0 Å². The second-order valence-corrected chi connectivity index (χ2v) is 4.40. The van der Waals surface area contributed by atoms with Gasteiger partial charge in [0.2, 0.25) is 0 Å². The van der Waals surface area contributed by atoms with Gasteiger partial charge < -0.3 is 25.0 Å². The Bertz CT molecular complexity index is 436. The van der Waals surface area contributed by atoms with Crippen LogP contribution in [0.5, 0.6) is 11.5 Å². The number of hydrogen-bond acceptors (Lipinski definition) is 5. The van der Waals surface area contributed by atoms with E-state index in [0.29, 0.717) is 18.0 Å². The first-order chi connectivity index (χ1) is 9.56. The Kier molecular flexibility index (Phi) is 6.83. The largest absolute Gasteiger partial charge is 0.493 e. The van der Waals surface area contributed by atoms with Crippen molar-refractivity contribution in [1.29, 1.82) is 0 Å². The van der Waals surface area contributed by atoms with Gasteiger partial charge in [0.15, 0.2) is 11.5 Å². The van der Waals surface area contributed by atoms with Gasteiger partial charge in [-0.05, 0) is 30.7 Å². The second-order valence-electron chi connectivity index (χ2n) is 4.40. The molecule has 6 heteroatoms. The lowest BCUT2D eigenvalue weighted by molar-refractivity contribution is -0.139. The highest BCUT2D eigenvalue weighted by atomic mass is 16.5. The molecule has 1 aromatic carbocycles. The van der Waals surface area contributed by atoms with E-state index < -0.39 is 12.1 Å². The highest BCUT2D eigenvalue weighted by Crippen LogP contribution is 2.27. The number of carbonyl (C=O) groups is 1. The van der Waals surface area contributed by atoms with Gasteiger partial charge in [-0.2, -0.15) is 0 Å². The van der Waals surface area contributed by atoms with Crippen molar-refractivity contribution >= 4 is 5.97 Å². The number of aliphatic hydroxyl groups excluding tert-OH is 1. The van der Waals surface area contributed by atoms with Gasteiger partial charge in [-0.1, -0.05) is 6.07 Å². The molecule has 1 aromatic rings. The predicted octanol–water partition coefficient (Wildman–Crippen LogP) is 0.671. The van der Waals surface area contributed by atoms with Crippen molar-refractivity contribution in [2.45, 2.75) is 18.9 Å². The van der Waals surface area contributed by atoms with E-state index in [9.17, 15) is 9.90 Å². The van der Waals surface area contributed by atoms with Gasteiger partial charge in [0.25, 0.3) is 0 Å². The maximum atomic E-state index is 10.4. The van der Waals surface area contributed by atoms with Crippen molar-refractivity contribution in [2.24, 2.45) is 0 Å². The zero-order valence-electron chi connectivity index (χ0n) is 11.8. The average molecular weight is 283 g/mol. The predicted molar refractivity (Wildman–Crippen MR) is 74.4 cm³/mol. The van der Waals surface area contributed by atoms with Crippen molar-refractivity contribution < 1.29 is 24.5 Å². The molecule has 1 unspecified atom stereocenters. The second kappa shape index (κ2) is 8.39. The van der Waals surface area contributed by atoms with Crippen LogP contribution in [-0.4, -0.2) is 49.6 Å². The van der Waals surface area contributed by atoms with Crippen molar-refractivity contribution in [1.82, 2.24) is 5.32 Å². The molecule has 6 nitrogen and oxygen atoms in total. The number of benzene rings is 1. The summed E-state index contributed by atoms with van der Waals surface area (Å²) in [5, 5.41) is 20.9. The van der Waals surface area contributed by atoms with Gasteiger partial charge in [-0.25, -0.2) is 0 Å². The number of carboxylic acid groups (broad SMARTS) is 1. The lowest BCUT2D eigenvalue weighted by atomic mass is 10.1. The van der Waals surface area contributed by atoms with Crippen molar-refractivity contribution in [3.8, 4) is 11.5 Å². The molecule has 0 heterocycles. The molecule has 20 heavy (non-hydrogen) atoms. The third-order valence-electron chi connectivity index (χ3n) is 2.83. The minimum absolute atomic E-state index is 0.247. The number of methoxy groups -OCH3 is 2. The molecule has 0 aliphatic carbocycles. The third kappa shape index (κ3) is 5.46. The monoisotopic (exact) mass is 283 g/mol. The molecule has 0 aliphatic heterocycles. The van der Waals surface area contributed by atoms with E-state index >= 15 is 0 Å². The molecule has 0 fully saturated rings. The summed E-state index contributed by atoms with van der Waals surface area (Å²) in [7, 11) is 3.17. The van der Waals surface area contributed by atoms with Crippen molar-refractivity contribution in [3.05, 3.63) is 23.8 Å². The summed E-state index contributed by atoms with van der Waals surface area (Å²) in [6.07, 6.45) is -0.360. The summed E-state index contributed by atoms with van der Waals surface area (Å²) in [5.41, 5.74) is 1.07. The van der Waals surface area contributed by atoms with E-state index in [1.54, 1.807) is 14.2 Å². The molecule has 0 spiro atoms. The summed E-state index contributed by atoms with van der Waals surface area (Å²) < 4.78 is 10.4. The zero-order chi connectivity index (χ0) is 15.0. The minimum atomic E-state index is -1.00. The van der Waals surface area contributed by atoms with Crippen LogP contribution in [0.15, 0.2) is 18.2 Å². The van der Waals surface area contributed by atoms with Crippen LogP contribution in [0.3, 0.4) is 0 Å². The molecule has 0 saturated carbocycles. The van der Waals surface area contributed by atoms with Crippen LogP contribution in [0, 0.1) is 0 Å². The van der Waals surface area contributed by atoms with Crippen LogP contribution in [-0.2, 0) is 11.2 Å². The summed E-state index contributed by atoms with van der Waals surface area (Å²) >= 11 is 0. The van der Waals surface area contributed by atoms with Gasteiger partial charge in [0.05, 0.1) is 26.7 Å². The fraction of sp³-hybridized carbons (Fsp3) is 0.500. The molecule has 3 N–H and O–H groups in total. The first-order valence-corrected chi connectivity index (χ1v) is 6.38. The van der Waals surface area contributed by atoms with E-state index in [2.05, 4.69) is 5.32 Å². The normalized spacial score (nSPS) is 11.9. The Labute approximate surface area is 118 Å². The van der Waals surface area contributed by atoms with Gasteiger partial charge in [-0.3, -0.25) is 4.79 Å². The smallest absolute Gasteiger partial charge is 0.306 e. The maximum absolute atomic E-state index is 10.4. The molecule has 0 aromatic heterocycles. The topological polar surface area (TPSA) is 88.0 Å². The quantitative estimate of drug-likeness (QED) is 0.577. The average Bonchev–Trinajstić information content (AvgIpc) is 2.42. The third-order valence-corrected chi connectivity index (χ3v) is 2.83. The van der Waals surface area contributed by atoms with Gasteiger partial charge in [0.1, 0.15) is 0 Å². The van der Waals surface area contributed by atoms with Crippen LogP contribution in [0.25, 0.3) is 0 Å². The summed E-state index contributed by atoms with van der Waals surface area (Å²) in [5.74, 6) is 0.358.